The number of hydrogen-bond donors (Lipinski definition) is 3. The molecule has 18 heavy (non-hydrogen) atoms. The Morgan fingerprint density at radius 2 is 2.28 bits per heavy atom. The zero-order valence-corrected chi connectivity index (χ0v) is 10.5. The smallest absolute Gasteiger partial charge is 0.220 e. The van der Waals surface area contributed by atoms with Crippen LogP contribution in [0, 0.1) is 0 Å². The van der Waals surface area contributed by atoms with E-state index in [1.165, 1.54) is 0 Å². The number of carbonyl (C=O) groups excluding carboxylic acids is 1. The number of hydrogen-bond acceptors (Lipinski definition) is 3. The number of aliphatic hydroxyl groups excluding tert-OH is 1. The molecule has 0 heterocycles. The molecule has 0 saturated carbocycles. The molecule has 4 heteroatoms. The van der Waals surface area contributed by atoms with Crippen molar-refractivity contribution in [3.8, 4) is 5.75 Å². The average molecular weight is 249 g/mol. The molecule has 0 aromatic heterocycles. The van der Waals surface area contributed by atoms with Crippen LogP contribution in [-0.4, -0.2) is 22.2 Å². The third kappa shape index (κ3) is 2.48. The Morgan fingerprint density at radius 1 is 1.50 bits per heavy atom. The summed E-state index contributed by atoms with van der Waals surface area (Å²) < 4.78 is 0. The fourth-order valence-corrected chi connectivity index (χ4v) is 2.40. The molecule has 0 spiro atoms. The summed E-state index contributed by atoms with van der Waals surface area (Å²) in [6.45, 7) is 2.03. The molecule has 1 aliphatic rings. The molecule has 0 bridgehead atoms. The number of fused-ring (bicyclic) bond motifs is 1. The minimum Gasteiger partial charge on any atom is -0.508 e. The van der Waals surface area contributed by atoms with Gasteiger partial charge in [0.25, 0.3) is 0 Å². The van der Waals surface area contributed by atoms with Crippen LogP contribution in [0.1, 0.15) is 43.4 Å². The topological polar surface area (TPSA) is 69.6 Å². The molecule has 0 saturated heterocycles. The number of rotatable bonds is 4. The van der Waals surface area contributed by atoms with E-state index >= 15 is 0 Å². The molecule has 0 aliphatic heterocycles. The van der Waals surface area contributed by atoms with E-state index in [1.807, 2.05) is 13.0 Å². The van der Waals surface area contributed by atoms with Gasteiger partial charge in [0.1, 0.15) is 5.75 Å². The van der Waals surface area contributed by atoms with E-state index in [0.29, 0.717) is 12.8 Å². The molecule has 0 unspecified atom stereocenters. The van der Waals surface area contributed by atoms with Crippen molar-refractivity contribution < 1.29 is 15.0 Å². The van der Waals surface area contributed by atoms with Crippen LogP contribution in [-0.2, 0) is 11.2 Å². The van der Waals surface area contributed by atoms with Gasteiger partial charge in [-0.05, 0) is 18.1 Å². The highest BCUT2D eigenvalue weighted by Crippen LogP contribution is 2.36. The molecule has 2 rings (SSSR count). The molecule has 1 aromatic rings. The van der Waals surface area contributed by atoms with E-state index in [4.69, 9.17) is 0 Å². The number of aromatic hydroxyl groups is 1. The number of phenols is 1. The summed E-state index contributed by atoms with van der Waals surface area (Å²) in [4.78, 5) is 11.7. The molecule has 0 radical (unpaired) electrons. The van der Waals surface area contributed by atoms with Crippen molar-refractivity contribution in [3.63, 3.8) is 0 Å². The van der Waals surface area contributed by atoms with E-state index in [9.17, 15) is 15.0 Å². The quantitative estimate of drug-likeness (QED) is 0.760. The summed E-state index contributed by atoms with van der Waals surface area (Å²) in [5.41, 5.74) is 1.57. The number of carbonyl (C=O) groups is 1. The Bertz CT molecular complexity index is 445. The first kappa shape index (κ1) is 12.9. The molecular formula is C14H19NO3. The molecule has 0 fully saturated rings. The largest absolute Gasteiger partial charge is 0.508 e. The third-order valence-corrected chi connectivity index (χ3v) is 3.39. The van der Waals surface area contributed by atoms with Gasteiger partial charge in [-0.2, -0.15) is 0 Å². The maximum absolute atomic E-state index is 11.7. The van der Waals surface area contributed by atoms with Crippen LogP contribution in [0.25, 0.3) is 0 Å². The molecular weight excluding hydrogens is 230 g/mol. The number of unbranched alkanes of at least 4 members (excludes halogenated alkanes) is 1. The van der Waals surface area contributed by atoms with Gasteiger partial charge in [0.2, 0.25) is 5.91 Å². The molecule has 1 amide bonds. The Morgan fingerprint density at radius 3 is 3.00 bits per heavy atom. The second-order valence-corrected chi connectivity index (χ2v) is 4.77. The van der Waals surface area contributed by atoms with Crippen LogP contribution in [0.2, 0.25) is 0 Å². The van der Waals surface area contributed by atoms with E-state index < -0.39 is 12.1 Å². The predicted octanol–water partition coefficient (Wildman–Crippen LogP) is 1.66. The highest BCUT2D eigenvalue weighted by Gasteiger charge is 2.33. The summed E-state index contributed by atoms with van der Waals surface area (Å²) in [5.74, 6) is 0.147. The Hall–Kier alpha value is -1.55. The van der Waals surface area contributed by atoms with Gasteiger partial charge in [-0.3, -0.25) is 4.79 Å². The molecule has 1 aliphatic carbocycles. The van der Waals surface area contributed by atoms with Gasteiger partial charge in [-0.15, -0.1) is 0 Å². The zero-order valence-electron chi connectivity index (χ0n) is 10.5. The average Bonchev–Trinajstić information content (AvgIpc) is 2.66. The van der Waals surface area contributed by atoms with Crippen molar-refractivity contribution in [2.24, 2.45) is 0 Å². The maximum Gasteiger partial charge on any atom is 0.220 e. The van der Waals surface area contributed by atoms with Crippen LogP contribution in [0.5, 0.6) is 5.75 Å². The summed E-state index contributed by atoms with van der Waals surface area (Å²) >= 11 is 0. The van der Waals surface area contributed by atoms with Crippen molar-refractivity contribution >= 4 is 5.91 Å². The van der Waals surface area contributed by atoms with Crippen molar-refractivity contribution in [1.82, 2.24) is 5.32 Å². The monoisotopic (exact) mass is 249 g/mol. The van der Waals surface area contributed by atoms with E-state index in [1.54, 1.807) is 12.1 Å². The second kappa shape index (κ2) is 5.40. The fraction of sp³-hybridized carbons (Fsp3) is 0.500. The van der Waals surface area contributed by atoms with Crippen LogP contribution < -0.4 is 5.32 Å². The van der Waals surface area contributed by atoms with Crippen LogP contribution >= 0.6 is 0 Å². The van der Waals surface area contributed by atoms with Gasteiger partial charge in [-0.25, -0.2) is 0 Å². The summed E-state index contributed by atoms with van der Waals surface area (Å²) in [7, 11) is 0. The standard InChI is InChI=1S/C14H19NO3/c1-2-3-7-13(18)15-14-9-5-4-6-11(16)10(9)8-12(14)17/h4-6,12,14,16-17H,2-3,7-8H2,1H3,(H,15,18)/t12-,14+/m1/s1. The van der Waals surface area contributed by atoms with Gasteiger partial charge in [-0.1, -0.05) is 25.5 Å². The minimum atomic E-state index is -0.654. The van der Waals surface area contributed by atoms with Crippen LogP contribution in [0.15, 0.2) is 18.2 Å². The lowest BCUT2D eigenvalue weighted by molar-refractivity contribution is -0.122. The normalized spacial score (nSPS) is 21.7. The van der Waals surface area contributed by atoms with Gasteiger partial charge in [0.05, 0.1) is 12.1 Å². The maximum atomic E-state index is 11.7. The number of nitrogens with one attached hydrogen (secondary N) is 1. The first-order valence-corrected chi connectivity index (χ1v) is 6.41. The van der Waals surface area contributed by atoms with Crippen molar-refractivity contribution in [1.29, 1.82) is 0 Å². The highest BCUT2D eigenvalue weighted by molar-refractivity contribution is 5.76. The molecule has 3 N–H and O–H groups in total. The van der Waals surface area contributed by atoms with Gasteiger partial charge in [0, 0.05) is 18.4 Å². The first-order valence-electron chi connectivity index (χ1n) is 6.41. The highest BCUT2D eigenvalue weighted by atomic mass is 16.3. The molecule has 98 valence electrons. The summed E-state index contributed by atoms with van der Waals surface area (Å²) in [6, 6.07) is 4.79. The lowest BCUT2D eigenvalue weighted by Gasteiger charge is -2.17. The summed E-state index contributed by atoms with van der Waals surface area (Å²) in [5, 5.41) is 22.5. The third-order valence-electron chi connectivity index (χ3n) is 3.39. The first-order chi connectivity index (χ1) is 8.63. The molecule has 4 nitrogen and oxygen atoms in total. The summed E-state index contributed by atoms with van der Waals surface area (Å²) in [6.07, 6.45) is 2.03. The lowest BCUT2D eigenvalue weighted by atomic mass is 10.1. The molecule has 2 atom stereocenters. The van der Waals surface area contributed by atoms with Crippen LogP contribution in [0.4, 0.5) is 0 Å². The van der Waals surface area contributed by atoms with Gasteiger partial charge >= 0.3 is 0 Å². The van der Waals surface area contributed by atoms with E-state index in [0.717, 1.165) is 24.0 Å². The van der Waals surface area contributed by atoms with Gasteiger partial charge in [0.15, 0.2) is 0 Å². The lowest BCUT2D eigenvalue weighted by Crippen LogP contribution is -2.33. The van der Waals surface area contributed by atoms with E-state index in [2.05, 4.69) is 5.32 Å². The zero-order chi connectivity index (χ0) is 13.1. The number of aliphatic hydroxyl groups is 1. The van der Waals surface area contributed by atoms with E-state index in [-0.39, 0.29) is 11.7 Å². The van der Waals surface area contributed by atoms with Crippen molar-refractivity contribution in [2.45, 2.75) is 44.8 Å². The Kier molecular flexibility index (Phi) is 3.87. The number of benzene rings is 1. The fourth-order valence-electron chi connectivity index (χ4n) is 2.40. The van der Waals surface area contributed by atoms with Gasteiger partial charge < -0.3 is 15.5 Å². The van der Waals surface area contributed by atoms with Crippen LogP contribution in [0.3, 0.4) is 0 Å². The SMILES string of the molecule is CCCCC(=O)N[C@H]1c2cccc(O)c2C[C@H]1O. The second-order valence-electron chi connectivity index (χ2n) is 4.77. The number of amides is 1. The van der Waals surface area contributed by atoms with Crippen molar-refractivity contribution in [2.75, 3.05) is 0 Å². The van der Waals surface area contributed by atoms with Crippen molar-refractivity contribution in [3.05, 3.63) is 29.3 Å². The molecule has 1 aromatic carbocycles. The predicted molar refractivity (Wildman–Crippen MR) is 68.2 cm³/mol. The Balaban J connectivity index is 2.11. The number of phenolic OH excluding ortho intramolecular Hbond substituents is 1. The Labute approximate surface area is 107 Å². The minimum absolute atomic E-state index is 0.0444.